The molecular weight excluding hydrogens is 360 g/mol. The lowest BCUT2D eigenvalue weighted by molar-refractivity contribution is 0.0944. The zero-order valence-corrected chi connectivity index (χ0v) is 16.2. The number of carbonyl (C=O) groups is 1. The van der Waals surface area contributed by atoms with Crippen molar-refractivity contribution in [2.24, 2.45) is 0 Å². The van der Waals surface area contributed by atoms with E-state index in [9.17, 15) is 4.79 Å². The van der Waals surface area contributed by atoms with E-state index in [1.165, 1.54) is 0 Å². The number of hydrogen-bond donors (Lipinski definition) is 1. The van der Waals surface area contributed by atoms with Gasteiger partial charge in [-0.2, -0.15) is 0 Å². The summed E-state index contributed by atoms with van der Waals surface area (Å²) in [7, 11) is 0. The molecule has 3 rings (SSSR count). The lowest BCUT2D eigenvalue weighted by Crippen LogP contribution is -2.28. The molecule has 0 aliphatic rings. The van der Waals surface area contributed by atoms with Crippen LogP contribution < -0.4 is 10.1 Å². The first kappa shape index (κ1) is 19.0. The van der Waals surface area contributed by atoms with Gasteiger partial charge in [0.1, 0.15) is 18.1 Å². The highest BCUT2D eigenvalue weighted by atomic mass is 32.2. The molecule has 1 heterocycles. The molecule has 0 saturated carbocycles. The summed E-state index contributed by atoms with van der Waals surface area (Å²) in [6.45, 7) is 4.69. The number of aryl methyl sites for hydroxylation is 2. The Balaban J connectivity index is 1.55. The van der Waals surface area contributed by atoms with Crippen LogP contribution in [0.5, 0.6) is 5.75 Å². The number of rotatable bonds is 8. The number of aromatic nitrogens is 1. The Bertz CT molecular complexity index is 874. The van der Waals surface area contributed by atoms with Crippen molar-refractivity contribution in [2.45, 2.75) is 24.5 Å². The predicted molar refractivity (Wildman–Crippen MR) is 106 cm³/mol. The minimum Gasteiger partial charge on any atom is -0.492 e. The van der Waals surface area contributed by atoms with Crippen molar-refractivity contribution in [3.05, 3.63) is 77.2 Å². The van der Waals surface area contributed by atoms with Gasteiger partial charge in [-0.05, 0) is 38.1 Å². The van der Waals surface area contributed by atoms with Crippen molar-refractivity contribution in [2.75, 3.05) is 13.2 Å². The summed E-state index contributed by atoms with van der Waals surface area (Å²) in [4.78, 5) is 13.5. The lowest BCUT2D eigenvalue weighted by atomic mass is 10.2. The molecule has 0 fully saturated rings. The van der Waals surface area contributed by atoms with Gasteiger partial charge in [0.05, 0.1) is 17.8 Å². The second-order valence-electron chi connectivity index (χ2n) is 6.00. The molecule has 3 aromatic rings. The molecule has 1 aromatic heterocycles. The van der Waals surface area contributed by atoms with Crippen molar-refractivity contribution in [1.29, 1.82) is 0 Å². The van der Waals surface area contributed by atoms with Crippen molar-refractivity contribution >= 4 is 17.7 Å². The zero-order valence-electron chi connectivity index (χ0n) is 15.4. The molecule has 1 N–H and O–H groups in total. The van der Waals surface area contributed by atoms with Crippen LogP contribution in [0, 0.1) is 13.8 Å². The van der Waals surface area contributed by atoms with E-state index in [0.717, 1.165) is 27.7 Å². The fourth-order valence-corrected chi connectivity index (χ4v) is 3.79. The molecule has 0 spiro atoms. The van der Waals surface area contributed by atoms with Gasteiger partial charge in [0, 0.05) is 16.2 Å². The Morgan fingerprint density at radius 1 is 1.11 bits per heavy atom. The summed E-state index contributed by atoms with van der Waals surface area (Å²) in [5, 5.41) is 6.90. The van der Waals surface area contributed by atoms with Gasteiger partial charge in [-0.25, -0.2) is 0 Å². The molecule has 27 heavy (non-hydrogen) atoms. The Labute approximate surface area is 163 Å². The van der Waals surface area contributed by atoms with Crippen molar-refractivity contribution in [3.63, 3.8) is 0 Å². The van der Waals surface area contributed by atoms with Crippen LogP contribution in [0.25, 0.3) is 0 Å². The average molecular weight is 382 g/mol. The van der Waals surface area contributed by atoms with E-state index < -0.39 is 0 Å². The predicted octanol–water partition coefficient (Wildman–Crippen LogP) is 4.39. The normalized spacial score (nSPS) is 10.6. The molecule has 0 aliphatic carbocycles. The molecule has 1 amide bonds. The van der Waals surface area contributed by atoms with Gasteiger partial charge in [0.2, 0.25) is 0 Å². The number of thioether (sulfide) groups is 1. The maximum atomic E-state index is 12.6. The van der Waals surface area contributed by atoms with E-state index in [2.05, 4.69) is 10.5 Å². The molecule has 0 atom stereocenters. The molecular formula is C21H22N2O3S. The highest BCUT2D eigenvalue weighted by Crippen LogP contribution is 2.28. The number of nitrogens with one attached hydrogen (secondary N) is 1. The van der Waals surface area contributed by atoms with Crippen LogP contribution in [0.4, 0.5) is 0 Å². The van der Waals surface area contributed by atoms with Crippen LogP contribution in [0.1, 0.15) is 27.4 Å². The van der Waals surface area contributed by atoms with Crippen LogP contribution in [-0.4, -0.2) is 24.2 Å². The van der Waals surface area contributed by atoms with E-state index in [0.29, 0.717) is 24.5 Å². The van der Waals surface area contributed by atoms with Gasteiger partial charge in [0.25, 0.3) is 5.91 Å². The van der Waals surface area contributed by atoms with Gasteiger partial charge in [0.15, 0.2) is 0 Å². The molecule has 0 unspecified atom stereocenters. The number of carbonyl (C=O) groups excluding carboxylic acids is 1. The number of benzene rings is 2. The largest absolute Gasteiger partial charge is 0.492 e. The van der Waals surface area contributed by atoms with Gasteiger partial charge in [-0.15, -0.1) is 11.8 Å². The standard InChI is InChI=1S/C21H22N2O3S/c1-15-19(16(2)26-23-15)14-27-20-11-7-6-10-18(20)21(24)22-12-13-25-17-8-4-3-5-9-17/h3-11H,12-14H2,1-2H3,(H,22,24). The first-order valence-corrected chi connectivity index (χ1v) is 9.73. The van der Waals surface area contributed by atoms with Crippen molar-refractivity contribution in [1.82, 2.24) is 10.5 Å². The van der Waals surface area contributed by atoms with E-state index >= 15 is 0 Å². The second kappa shape index (κ2) is 9.28. The number of ether oxygens (including phenoxy) is 1. The van der Waals surface area contributed by atoms with Gasteiger partial charge >= 0.3 is 0 Å². The van der Waals surface area contributed by atoms with Crippen LogP contribution in [0.15, 0.2) is 64.0 Å². The maximum Gasteiger partial charge on any atom is 0.252 e. The summed E-state index contributed by atoms with van der Waals surface area (Å²) in [6.07, 6.45) is 0. The third-order valence-corrected chi connectivity index (χ3v) is 5.18. The molecule has 0 bridgehead atoms. The van der Waals surface area contributed by atoms with Crippen LogP contribution in [-0.2, 0) is 5.75 Å². The Morgan fingerprint density at radius 3 is 2.59 bits per heavy atom. The molecule has 0 aliphatic heterocycles. The topological polar surface area (TPSA) is 64.4 Å². The number of nitrogens with zero attached hydrogens (tertiary/aromatic N) is 1. The van der Waals surface area contributed by atoms with E-state index in [1.54, 1.807) is 11.8 Å². The first-order chi connectivity index (χ1) is 13.1. The van der Waals surface area contributed by atoms with Crippen LogP contribution in [0.3, 0.4) is 0 Å². The number of amides is 1. The molecule has 6 heteroatoms. The van der Waals surface area contributed by atoms with E-state index in [4.69, 9.17) is 9.26 Å². The third kappa shape index (κ3) is 5.14. The summed E-state index contributed by atoms with van der Waals surface area (Å²) >= 11 is 1.61. The van der Waals surface area contributed by atoms with Gasteiger partial charge in [-0.1, -0.05) is 35.5 Å². The summed E-state index contributed by atoms with van der Waals surface area (Å²) in [6, 6.07) is 17.2. The summed E-state index contributed by atoms with van der Waals surface area (Å²) in [5.41, 5.74) is 2.63. The Kier molecular flexibility index (Phi) is 6.54. The summed E-state index contributed by atoms with van der Waals surface area (Å²) < 4.78 is 10.8. The highest BCUT2D eigenvalue weighted by molar-refractivity contribution is 7.98. The fraction of sp³-hybridized carbons (Fsp3) is 0.238. The number of para-hydroxylation sites is 1. The smallest absolute Gasteiger partial charge is 0.252 e. The van der Waals surface area contributed by atoms with Crippen molar-refractivity contribution in [3.8, 4) is 5.75 Å². The molecule has 5 nitrogen and oxygen atoms in total. The second-order valence-corrected chi connectivity index (χ2v) is 7.02. The van der Waals surface area contributed by atoms with Gasteiger partial charge < -0.3 is 14.6 Å². The molecule has 140 valence electrons. The summed E-state index contributed by atoms with van der Waals surface area (Å²) in [5.74, 6) is 2.22. The minimum atomic E-state index is -0.103. The van der Waals surface area contributed by atoms with E-state index in [-0.39, 0.29) is 5.91 Å². The monoisotopic (exact) mass is 382 g/mol. The third-order valence-electron chi connectivity index (χ3n) is 4.08. The number of hydrogen-bond acceptors (Lipinski definition) is 5. The Hall–Kier alpha value is -2.73. The Morgan fingerprint density at radius 2 is 1.85 bits per heavy atom. The molecule has 0 saturated heterocycles. The quantitative estimate of drug-likeness (QED) is 0.462. The molecule has 2 aromatic carbocycles. The van der Waals surface area contributed by atoms with Crippen molar-refractivity contribution < 1.29 is 14.1 Å². The maximum absolute atomic E-state index is 12.6. The first-order valence-electron chi connectivity index (χ1n) is 8.75. The van der Waals surface area contributed by atoms with E-state index in [1.807, 2.05) is 68.4 Å². The van der Waals surface area contributed by atoms with Gasteiger partial charge in [-0.3, -0.25) is 4.79 Å². The lowest BCUT2D eigenvalue weighted by Gasteiger charge is -2.11. The SMILES string of the molecule is Cc1noc(C)c1CSc1ccccc1C(=O)NCCOc1ccccc1. The highest BCUT2D eigenvalue weighted by Gasteiger charge is 2.14. The van der Waals surface area contributed by atoms with Crippen LogP contribution >= 0.6 is 11.8 Å². The van der Waals surface area contributed by atoms with Crippen LogP contribution in [0.2, 0.25) is 0 Å². The molecule has 0 radical (unpaired) electrons. The minimum absolute atomic E-state index is 0.103. The zero-order chi connectivity index (χ0) is 19.1. The average Bonchev–Trinajstić information content (AvgIpc) is 3.02. The fourth-order valence-electron chi connectivity index (χ4n) is 2.58.